The van der Waals surface area contributed by atoms with Crippen molar-refractivity contribution < 1.29 is 4.74 Å². The molecule has 4 nitrogen and oxygen atoms in total. The van der Waals surface area contributed by atoms with Crippen molar-refractivity contribution in [2.24, 2.45) is 0 Å². The van der Waals surface area contributed by atoms with Gasteiger partial charge in [0.2, 0.25) is 0 Å². The second kappa shape index (κ2) is 7.85. The van der Waals surface area contributed by atoms with Crippen LogP contribution in [0.5, 0.6) is 0 Å². The molecule has 4 rings (SSSR count). The normalized spacial score (nSPS) is 17.0. The van der Waals surface area contributed by atoms with Gasteiger partial charge in [-0.25, -0.2) is 0 Å². The van der Waals surface area contributed by atoms with E-state index in [4.69, 9.17) is 4.74 Å². The van der Waals surface area contributed by atoms with Gasteiger partial charge in [-0.15, -0.1) is 10.2 Å². The number of thioether (sulfide) groups is 1. The smallest absolute Gasteiger partial charge is 0.195 e. The monoisotopic (exact) mass is 351 g/mol. The Bertz CT molecular complexity index is 798. The fourth-order valence-electron chi connectivity index (χ4n) is 3.07. The third kappa shape index (κ3) is 3.94. The van der Waals surface area contributed by atoms with E-state index < -0.39 is 0 Å². The molecule has 1 saturated heterocycles. The van der Waals surface area contributed by atoms with Crippen molar-refractivity contribution in [3.8, 4) is 5.69 Å². The Morgan fingerprint density at radius 3 is 2.48 bits per heavy atom. The summed E-state index contributed by atoms with van der Waals surface area (Å²) >= 11 is 1.73. The molecule has 1 aliphatic heterocycles. The Kier molecular flexibility index (Phi) is 5.14. The van der Waals surface area contributed by atoms with E-state index in [2.05, 4.69) is 63.3 Å². The SMILES string of the molecule is c1ccc(Cc2nnc(SCC3CCCO3)n2-c2ccccc2)cc1. The van der Waals surface area contributed by atoms with Crippen molar-refractivity contribution in [2.45, 2.75) is 30.5 Å². The van der Waals surface area contributed by atoms with Gasteiger partial charge in [0.1, 0.15) is 5.82 Å². The minimum atomic E-state index is 0.337. The highest BCUT2D eigenvalue weighted by Gasteiger charge is 2.19. The summed E-state index contributed by atoms with van der Waals surface area (Å²) in [7, 11) is 0. The molecule has 0 N–H and O–H groups in total. The Labute approximate surface area is 152 Å². The van der Waals surface area contributed by atoms with Crippen molar-refractivity contribution in [2.75, 3.05) is 12.4 Å². The average molecular weight is 351 g/mol. The van der Waals surface area contributed by atoms with Crippen LogP contribution in [0, 0.1) is 0 Å². The lowest BCUT2D eigenvalue weighted by Gasteiger charge is -2.12. The van der Waals surface area contributed by atoms with Gasteiger partial charge < -0.3 is 4.74 Å². The molecule has 3 aromatic rings. The van der Waals surface area contributed by atoms with Gasteiger partial charge in [-0.05, 0) is 30.5 Å². The maximum absolute atomic E-state index is 5.74. The molecular formula is C20H21N3OS. The first kappa shape index (κ1) is 16.4. The van der Waals surface area contributed by atoms with Gasteiger partial charge in [-0.3, -0.25) is 4.57 Å². The zero-order valence-corrected chi connectivity index (χ0v) is 14.9. The van der Waals surface area contributed by atoms with E-state index in [1.165, 1.54) is 5.56 Å². The average Bonchev–Trinajstić information content (AvgIpc) is 3.31. The quantitative estimate of drug-likeness (QED) is 0.626. The Hall–Kier alpha value is -2.11. The van der Waals surface area contributed by atoms with Gasteiger partial charge >= 0.3 is 0 Å². The van der Waals surface area contributed by atoms with Crippen LogP contribution >= 0.6 is 11.8 Å². The minimum Gasteiger partial charge on any atom is -0.377 e. The molecule has 1 fully saturated rings. The van der Waals surface area contributed by atoms with E-state index in [0.29, 0.717) is 6.10 Å². The number of hydrogen-bond acceptors (Lipinski definition) is 4. The van der Waals surface area contributed by atoms with Crippen LogP contribution in [0.3, 0.4) is 0 Å². The molecule has 0 aliphatic carbocycles. The minimum absolute atomic E-state index is 0.337. The summed E-state index contributed by atoms with van der Waals surface area (Å²) in [5, 5.41) is 9.89. The third-order valence-electron chi connectivity index (χ3n) is 4.34. The largest absolute Gasteiger partial charge is 0.377 e. The van der Waals surface area contributed by atoms with E-state index in [1.54, 1.807) is 11.8 Å². The number of nitrogens with zero attached hydrogens (tertiary/aromatic N) is 3. The van der Waals surface area contributed by atoms with E-state index in [1.807, 2.05) is 12.1 Å². The number of rotatable bonds is 6. The number of para-hydroxylation sites is 1. The second-order valence-corrected chi connectivity index (χ2v) is 7.17. The molecule has 0 radical (unpaired) electrons. The van der Waals surface area contributed by atoms with Crippen LogP contribution in [0.4, 0.5) is 0 Å². The van der Waals surface area contributed by atoms with Gasteiger partial charge in [-0.2, -0.15) is 0 Å². The van der Waals surface area contributed by atoms with Crippen LogP contribution in [0.2, 0.25) is 0 Å². The zero-order chi connectivity index (χ0) is 16.9. The van der Waals surface area contributed by atoms with Crippen LogP contribution in [-0.2, 0) is 11.2 Å². The number of ether oxygens (including phenoxy) is 1. The van der Waals surface area contributed by atoms with Crippen LogP contribution in [0.1, 0.15) is 24.2 Å². The maximum atomic E-state index is 5.74. The number of benzene rings is 2. The molecule has 1 aromatic heterocycles. The molecule has 0 spiro atoms. The van der Waals surface area contributed by atoms with Crippen molar-refractivity contribution >= 4 is 11.8 Å². The van der Waals surface area contributed by atoms with Crippen LogP contribution in [0.25, 0.3) is 5.69 Å². The van der Waals surface area contributed by atoms with E-state index >= 15 is 0 Å². The Morgan fingerprint density at radius 1 is 1.00 bits per heavy atom. The fraction of sp³-hybridized carbons (Fsp3) is 0.300. The van der Waals surface area contributed by atoms with Crippen molar-refractivity contribution in [1.82, 2.24) is 14.8 Å². The summed E-state index contributed by atoms with van der Waals surface area (Å²) in [6.07, 6.45) is 3.41. The van der Waals surface area contributed by atoms with Gasteiger partial charge in [0.25, 0.3) is 0 Å². The maximum Gasteiger partial charge on any atom is 0.195 e. The molecule has 1 atom stereocenters. The second-order valence-electron chi connectivity index (χ2n) is 6.18. The number of aromatic nitrogens is 3. The highest BCUT2D eigenvalue weighted by molar-refractivity contribution is 7.99. The molecule has 0 amide bonds. The summed E-state index contributed by atoms with van der Waals surface area (Å²) < 4.78 is 7.92. The molecule has 2 heterocycles. The molecule has 0 bridgehead atoms. The fourth-order valence-corrected chi connectivity index (χ4v) is 4.10. The summed E-state index contributed by atoms with van der Waals surface area (Å²) in [4.78, 5) is 0. The lowest BCUT2D eigenvalue weighted by molar-refractivity contribution is 0.129. The predicted molar refractivity (Wildman–Crippen MR) is 100 cm³/mol. The van der Waals surface area contributed by atoms with Crippen molar-refractivity contribution in [1.29, 1.82) is 0 Å². The Balaban J connectivity index is 1.62. The lowest BCUT2D eigenvalue weighted by atomic mass is 10.1. The molecule has 0 saturated carbocycles. The molecule has 2 aromatic carbocycles. The van der Waals surface area contributed by atoms with E-state index in [-0.39, 0.29) is 0 Å². The molecule has 1 aliphatic rings. The topological polar surface area (TPSA) is 39.9 Å². The molecule has 5 heteroatoms. The molecule has 128 valence electrons. The zero-order valence-electron chi connectivity index (χ0n) is 14.0. The Morgan fingerprint density at radius 2 is 1.76 bits per heavy atom. The molecule has 1 unspecified atom stereocenters. The predicted octanol–water partition coefficient (Wildman–Crippen LogP) is 4.13. The standard InChI is InChI=1S/C20H21N3OS/c1-3-8-16(9-4-1)14-19-21-22-20(25-15-18-12-7-13-24-18)23(19)17-10-5-2-6-11-17/h1-6,8-11,18H,7,12-15H2. The highest BCUT2D eigenvalue weighted by atomic mass is 32.2. The van der Waals surface area contributed by atoms with Crippen molar-refractivity contribution in [3.63, 3.8) is 0 Å². The van der Waals surface area contributed by atoms with Gasteiger partial charge in [0.05, 0.1) is 6.10 Å². The van der Waals surface area contributed by atoms with Crippen molar-refractivity contribution in [3.05, 3.63) is 72.1 Å². The van der Waals surface area contributed by atoms with E-state index in [9.17, 15) is 0 Å². The van der Waals surface area contributed by atoms with Crippen LogP contribution in [-0.4, -0.2) is 33.2 Å². The van der Waals surface area contributed by atoms with Crippen LogP contribution < -0.4 is 0 Å². The summed E-state index contributed by atoms with van der Waals surface area (Å²) in [5.41, 5.74) is 2.34. The van der Waals surface area contributed by atoms with Gasteiger partial charge in [0, 0.05) is 24.5 Å². The first-order valence-electron chi connectivity index (χ1n) is 8.68. The van der Waals surface area contributed by atoms with Gasteiger partial charge in [-0.1, -0.05) is 60.3 Å². The summed E-state index contributed by atoms with van der Waals surface area (Å²) in [6.45, 7) is 0.885. The first-order chi connectivity index (χ1) is 12.4. The first-order valence-corrected chi connectivity index (χ1v) is 9.67. The van der Waals surface area contributed by atoms with Gasteiger partial charge in [0.15, 0.2) is 5.16 Å². The highest BCUT2D eigenvalue weighted by Crippen LogP contribution is 2.26. The summed E-state index contributed by atoms with van der Waals surface area (Å²) in [5.74, 6) is 1.89. The van der Waals surface area contributed by atoms with Crippen LogP contribution in [0.15, 0.2) is 65.8 Å². The third-order valence-corrected chi connectivity index (χ3v) is 5.40. The molecular weight excluding hydrogens is 330 g/mol. The lowest BCUT2D eigenvalue weighted by Crippen LogP contribution is -2.09. The molecule has 25 heavy (non-hydrogen) atoms. The number of hydrogen-bond donors (Lipinski definition) is 0. The summed E-state index contributed by atoms with van der Waals surface area (Å²) in [6, 6.07) is 20.8. The van der Waals surface area contributed by atoms with E-state index in [0.717, 1.165) is 48.3 Å².